The number of rotatable bonds is 6. The van der Waals surface area contributed by atoms with Gasteiger partial charge in [-0.25, -0.2) is 9.50 Å². The Balaban J connectivity index is 1.51. The first-order chi connectivity index (χ1) is 17.4. The lowest BCUT2D eigenvalue weighted by atomic mass is 9.98. The Morgan fingerprint density at radius 1 is 1.19 bits per heavy atom. The maximum absolute atomic E-state index is 12.9. The molecule has 4 aromatic rings. The first kappa shape index (κ1) is 24.3. The molecule has 1 fully saturated rings. The van der Waals surface area contributed by atoms with Crippen molar-refractivity contribution >= 4 is 34.0 Å². The summed E-state index contributed by atoms with van der Waals surface area (Å²) in [7, 11) is 1.75. The van der Waals surface area contributed by atoms with Gasteiger partial charge in [-0.3, -0.25) is 14.4 Å². The second-order valence-corrected chi connectivity index (χ2v) is 9.79. The number of piperazine rings is 1. The molecule has 10 nitrogen and oxygen atoms in total. The second-order valence-electron chi connectivity index (χ2n) is 9.40. The fourth-order valence-corrected chi connectivity index (χ4v) is 5.49. The number of fused-ring (bicyclic) bond motifs is 2. The molecule has 5 rings (SSSR count). The number of aromatic nitrogens is 6. The minimum absolute atomic E-state index is 0.0764. The first-order valence-corrected chi connectivity index (χ1v) is 12.7. The highest BCUT2D eigenvalue weighted by Crippen LogP contribution is 2.34. The number of nitriles is 1. The van der Waals surface area contributed by atoms with Gasteiger partial charge < -0.3 is 9.47 Å². The van der Waals surface area contributed by atoms with Gasteiger partial charge in [0.15, 0.2) is 10.8 Å². The lowest BCUT2D eigenvalue weighted by Crippen LogP contribution is -2.59. The fourth-order valence-electron chi connectivity index (χ4n) is 5.32. The molecule has 0 spiro atoms. The molecule has 36 heavy (non-hydrogen) atoms. The lowest BCUT2D eigenvalue weighted by Gasteiger charge is -2.49. The van der Waals surface area contributed by atoms with Crippen LogP contribution in [0.25, 0.3) is 16.7 Å². The van der Waals surface area contributed by atoms with Gasteiger partial charge in [-0.2, -0.15) is 15.5 Å². The average Bonchev–Trinajstić information content (AvgIpc) is 3.48. The van der Waals surface area contributed by atoms with Crippen LogP contribution in [-0.2, 0) is 13.6 Å². The molecule has 0 bridgehead atoms. The van der Waals surface area contributed by atoms with Crippen LogP contribution in [0.2, 0.25) is 5.15 Å². The zero-order valence-corrected chi connectivity index (χ0v) is 21.7. The number of hydrogen-bond donors (Lipinski definition) is 0. The predicted molar refractivity (Wildman–Crippen MR) is 139 cm³/mol. The van der Waals surface area contributed by atoms with E-state index in [1.807, 2.05) is 12.1 Å². The molecule has 0 unspecified atom stereocenters. The summed E-state index contributed by atoms with van der Waals surface area (Å²) in [6.45, 7) is 8.28. The molecule has 1 saturated heterocycles. The normalized spacial score (nSPS) is 19.7. The van der Waals surface area contributed by atoms with E-state index in [-0.39, 0.29) is 30.2 Å². The SMILES string of the molecule is CC[C@H]1CN([C@@H](C)c2ccc3ncc(Cl)n3n2)[C@H](CC)CN1c1cc(=O)n(C)c2cn(CC#N)nc12. The van der Waals surface area contributed by atoms with E-state index in [0.717, 1.165) is 54.0 Å². The van der Waals surface area contributed by atoms with Crippen LogP contribution in [0.1, 0.15) is 45.3 Å². The van der Waals surface area contributed by atoms with Crippen molar-refractivity contribution in [1.29, 1.82) is 5.26 Å². The van der Waals surface area contributed by atoms with Crippen molar-refractivity contribution in [2.24, 2.45) is 7.05 Å². The highest BCUT2D eigenvalue weighted by molar-refractivity contribution is 6.29. The largest absolute Gasteiger partial charge is 0.364 e. The molecular formula is C25H30ClN9O. The van der Waals surface area contributed by atoms with Gasteiger partial charge in [0.2, 0.25) is 0 Å². The van der Waals surface area contributed by atoms with E-state index < -0.39 is 0 Å². The van der Waals surface area contributed by atoms with E-state index in [1.165, 1.54) is 0 Å². The smallest absolute Gasteiger partial charge is 0.252 e. The first-order valence-electron chi connectivity index (χ1n) is 12.3. The summed E-state index contributed by atoms with van der Waals surface area (Å²) in [5.41, 5.74) is 3.92. The van der Waals surface area contributed by atoms with Crippen LogP contribution >= 0.6 is 11.6 Å². The van der Waals surface area contributed by atoms with Gasteiger partial charge in [0.25, 0.3) is 5.56 Å². The van der Waals surface area contributed by atoms with Crippen LogP contribution in [0.4, 0.5) is 5.69 Å². The maximum Gasteiger partial charge on any atom is 0.252 e. The molecule has 11 heteroatoms. The maximum atomic E-state index is 12.9. The number of hydrogen-bond acceptors (Lipinski definition) is 7. The molecule has 5 heterocycles. The van der Waals surface area contributed by atoms with E-state index in [0.29, 0.717) is 5.15 Å². The molecule has 0 aliphatic carbocycles. The summed E-state index contributed by atoms with van der Waals surface area (Å²) in [5.74, 6) is 0. The summed E-state index contributed by atoms with van der Waals surface area (Å²) < 4.78 is 4.88. The summed E-state index contributed by atoms with van der Waals surface area (Å²) >= 11 is 6.28. The third-order valence-corrected chi connectivity index (χ3v) is 7.69. The van der Waals surface area contributed by atoms with Crippen molar-refractivity contribution in [3.05, 3.63) is 51.8 Å². The Labute approximate surface area is 214 Å². The number of halogens is 1. The molecule has 188 valence electrons. The quantitative estimate of drug-likeness (QED) is 0.394. The van der Waals surface area contributed by atoms with Crippen molar-refractivity contribution < 1.29 is 0 Å². The number of imidazole rings is 1. The zero-order valence-electron chi connectivity index (χ0n) is 21.0. The van der Waals surface area contributed by atoms with Gasteiger partial charge in [0.05, 0.1) is 41.4 Å². The Kier molecular flexibility index (Phi) is 6.45. The van der Waals surface area contributed by atoms with Gasteiger partial charge in [-0.1, -0.05) is 25.4 Å². The topological polar surface area (TPSA) is 100 Å². The molecule has 1 aliphatic heterocycles. The van der Waals surface area contributed by atoms with Gasteiger partial charge in [-0.15, -0.1) is 0 Å². The Hall–Kier alpha value is -3.42. The second kappa shape index (κ2) is 9.56. The summed E-state index contributed by atoms with van der Waals surface area (Å²) in [5, 5.41) is 19.1. The zero-order chi connectivity index (χ0) is 25.6. The third-order valence-electron chi connectivity index (χ3n) is 7.43. The molecule has 4 aromatic heterocycles. The third kappa shape index (κ3) is 4.02. The van der Waals surface area contributed by atoms with Gasteiger partial charge in [-0.05, 0) is 31.9 Å². The molecule has 3 atom stereocenters. The number of anilines is 1. The van der Waals surface area contributed by atoms with Crippen molar-refractivity contribution in [2.75, 3.05) is 18.0 Å². The van der Waals surface area contributed by atoms with Crippen LogP contribution in [0.5, 0.6) is 0 Å². The Morgan fingerprint density at radius 3 is 2.69 bits per heavy atom. The van der Waals surface area contributed by atoms with Crippen LogP contribution in [0, 0.1) is 11.3 Å². The summed E-state index contributed by atoms with van der Waals surface area (Å²) in [6.07, 6.45) is 5.25. The van der Waals surface area contributed by atoms with Crippen molar-refractivity contribution in [2.45, 2.75) is 58.3 Å². The lowest BCUT2D eigenvalue weighted by molar-refractivity contribution is 0.0986. The summed E-state index contributed by atoms with van der Waals surface area (Å²) in [6, 6.07) is 8.31. The fraction of sp³-hybridized carbons (Fsp3) is 0.480. The minimum atomic E-state index is -0.0811. The minimum Gasteiger partial charge on any atom is -0.364 e. The number of aryl methyl sites for hydroxylation is 1. The number of pyridine rings is 1. The van der Waals surface area contributed by atoms with E-state index in [2.05, 4.69) is 46.7 Å². The molecule has 0 amide bonds. The van der Waals surface area contributed by atoms with Crippen LogP contribution in [0.15, 0.2) is 35.4 Å². The molecule has 0 N–H and O–H groups in total. The molecule has 0 radical (unpaired) electrons. The van der Waals surface area contributed by atoms with E-state index in [4.69, 9.17) is 22.0 Å². The molecule has 1 aliphatic rings. The van der Waals surface area contributed by atoms with Gasteiger partial charge in [0.1, 0.15) is 12.1 Å². The highest BCUT2D eigenvalue weighted by atomic mass is 35.5. The number of nitrogens with zero attached hydrogens (tertiary/aromatic N) is 9. The van der Waals surface area contributed by atoms with E-state index >= 15 is 0 Å². The highest BCUT2D eigenvalue weighted by Gasteiger charge is 2.37. The Bertz CT molecular complexity index is 1510. The monoisotopic (exact) mass is 507 g/mol. The molecule has 0 saturated carbocycles. The molecular weight excluding hydrogens is 478 g/mol. The van der Waals surface area contributed by atoms with Gasteiger partial charge in [0, 0.05) is 38.3 Å². The molecule has 0 aromatic carbocycles. The summed E-state index contributed by atoms with van der Waals surface area (Å²) in [4.78, 5) is 22.0. The van der Waals surface area contributed by atoms with Crippen molar-refractivity contribution in [3.8, 4) is 6.07 Å². The van der Waals surface area contributed by atoms with Crippen LogP contribution < -0.4 is 10.5 Å². The van der Waals surface area contributed by atoms with Crippen LogP contribution in [-0.4, -0.2) is 59.0 Å². The predicted octanol–water partition coefficient (Wildman–Crippen LogP) is 3.40. The van der Waals surface area contributed by atoms with Crippen molar-refractivity contribution in [1.82, 2.24) is 33.8 Å². The van der Waals surface area contributed by atoms with E-state index in [9.17, 15) is 4.79 Å². The van der Waals surface area contributed by atoms with E-state index in [1.54, 1.807) is 39.3 Å². The Morgan fingerprint density at radius 2 is 1.97 bits per heavy atom. The standard InChI is InChI=1S/C25H30ClN9O/c1-5-17-14-34(20-11-24(36)31(4)21-15-32(10-9-27)30-25(20)21)18(6-2)13-33(17)16(3)19-7-8-23-28-12-22(26)35(23)29-19/h7-8,11-12,15-18H,5-6,10,13-14H2,1-4H3/t16-,17+,18-/m0/s1. The average molecular weight is 508 g/mol. The van der Waals surface area contributed by atoms with Crippen molar-refractivity contribution in [3.63, 3.8) is 0 Å². The van der Waals surface area contributed by atoms with Crippen LogP contribution in [0.3, 0.4) is 0 Å². The van der Waals surface area contributed by atoms with Gasteiger partial charge >= 0.3 is 0 Å².